The van der Waals surface area contributed by atoms with Crippen molar-refractivity contribution in [3.63, 3.8) is 0 Å². The van der Waals surface area contributed by atoms with E-state index in [-0.39, 0.29) is 24.2 Å². The third-order valence-corrected chi connectivity index (χ3v) is 6.17. The SMILES string of the molecule is CC(C)O[C@H]1C[C@@H](n2cc(NC(=O)c3csc(-c4cn[nH]c4)n3)c(-c3ccccn3)n2)C1. The molecule has 1 amide bonds. The minimum atomic E-state index is -0.289. The van der Waals surface area contributed by atoms with E-state index in [0.29, 0.717) is 22.8 Å². The number of amides is 1. The summed E-state index contributed by atoms with van der Waals surface area (Å²) >= 11 is 1.40. The van der Waals surface area contributed by atoms with Gasteiger partial charge in [0.05, 0.1) is 35.8 Å². The number of pyridine rings is 1. The number of aromatic amines is 1. The zero-order valence-corrected chi connectivity index (χ0v) is 18.5. The lowest BCUT2D eigenvalue weighted by atomic mass is 9.89. The Morgan fingerprint density at radius 3 is 2.94 bits per heavy atom. The van der Waals surface area contributed by atoms with Crippen molar-refractivity contribution in [1.82, 2.24) is 29.9 Å². The molecule has 5 rings (SSSR count). The van der Waals surface area contributed by atoms with Crippen molar-refractivity contribution in [3.8, 4) is 22.0 Å². The molecular weight excluding hydrogens is 426 g/mol. The second kappa shape index (κ2) is 8.64. The Labute approximate surface area is 188 Å². The molecule has 4 heterocycles. The lowest BCUT2D eigenvalue weighted by Crippen LogP contribution is -2.35. The molecule has 1 fully saturated rings. The lowest BCUT2D eigenvalue weighted by Gasteiger charge is -2.36. The number of anilines is 1. The molecule has 10 heteroatoms. The fourth-order valence-electron chi connectivity index (χ4n) is 3.68. The maximum absolute atomic E-state index is 12.9. The van der Waals surface area contributed by atoms with Crippen molar-refractivity contribution in [3.05, 3.63) is 54.1 Å². The van der Waals surface area contributed by atoms with Gasteiger partial charge in [-0.05, 0) is 38.8 Å². The molecule has 4 aromatic heterocycles. The quantitative estimate of drug-likeness (QED) is 0.438. The standard InChI is InChI=1S/C22H23N7O2S/c1-13(2)31-16-7-15(8-16)29-11-18(20(28-29)17-5-3-4-6-23-17)26-21(30)19-12-32-22(27-19)14-9-24-25-10-14/h3-6,9-13,15-16H,7-8H2,1-2H3,(H,24,25)(H,26,30)/t15-,16+. The van der Waals surface area contributed by atoms with Gasteiger partial charge in [-0.2, -0.15) is 10.2 Å². The second-order valence-corrected chi connectivity index (χ2v) is 8.86. The van der Waals surface area contributed by atoms with Crippen LogP contribution in [0.4, 0.5) is 5.69 Å². The molecule has 1 saturated carbocycles. The molecule has 32 heavy (non-hydrogen) atoms. The third kappa shape index (κ3) is 4.19. The van der Waals surface area contributed by atoms with Gasteiger partial charge in [0.2, 0.25) is 0 Å². The predicted octanol–water partition coefficient (Wildman–Crippen LogP) is 4.17. The highest BCUT2D eigenvalue weighted by Gasteiger charge is 2.33. The summed E-state index contributed by atoms with van der Waals surface area (Å²) in [6.45, 7) is 4.09. The number of carbonyl (C=O) groups excluding carboxylic acids is 1. The summed E-state index contributed by atoms with van der Waals surface area (Å²) in [5.74, 6) is -0.289. The highest BCUT2D eigenvalue weighted by Crippen LogP contribution is 2.37. The zero-order chi connectivity index (χ0) is 22.1. The Morgan fingerprint density at radius 1 is 1.34 bits per heavy atom. The molecule has 0 saturated heterocycles. The fourth-order valence-corrected chi connectivity index (χ4v) is 4.46. The van der Waals surface area contributed by atoms with Gasteiger partial charge in [-0.1, -0.05) is 6.07 Å². The molecule has 0 aromatic carbocycles. The Kier molecular flexibility index (Phi) is 5.54. The van der Waals surface area contributed by atoms with Crippen molar-refractivity contribution >= 4 is 22.9 Å². The van der Waals surface area contributed by atoms with Gasteiger partial charge in [0.15, 0.2) is 0 Å². The van der Waals surface area contributed by atoms with Crippen LogP contribution in [-0.4, -0.2) is 48.1 Å². The number of H-pyrrole nitrogens is 1. The van der Waals surface area contributed by atoms with Crippen molar-refractivity contribution < 1.29 is 9.53 Å². The first-order valence-corrected chi connectivity index (χ1v) is 11.4. The molecule has 2 N–H and O–H groups in total. The van der Waals surface area contributed by atoms with Crippen molar-refractivity contribution in [2.45, 2.75) is 44.9 Å². The molecule has 1 aliphatic rings. The summed E-state index contributed by atoms with van der Waals surface area (Å²) in [5.41, 5.74) is 3.14. The van der Waals surface area contributed by atoms with Crippen LogP contribution in [0.1, 0.15) is 43.2 Å². The lowest BCUT2D eigenvalue weighted by molar-refractivity contribution is -0.0599. The maximum atomic E-state index is 12.9. The van der Waals surface area contributed by atoms with E-state index in [2.05, 4.69) is 25.5 Å². The van der Waals surface area contributed by atoms with Crippen LogP contribution in [0.2, 0.25) is 0 Å². The summed E-state index contributed by atoms with van der Waals surface area (Å²) in [5, 5.41) is 16.9. The van der Waals surface area contributed by atoms with E-state index in [1.165, 1.54) is 11.3 Å². The number of hydrogen-bond donors (Lipinski definition) is 2. The molecule has 4 aromatic rings. The molecule has 0 radical (unpaired) electrons. The highest BCUT2D eigenvalue weighted by atomic mass is 32.1. The molecule has 164 valence electrons. The molecule has 1 aliphatic carbocycles. The smallest absolute Gasteiger partial charge is 0.275 e. The minimum Gasteiger partial charge on any atom is -0.375 e. The average molecular weight is 450 g/mol. The fraction of sp³-hybridized carbons (Fsp3) is 0.318. The van der Waals surface area contributed by atoms with Gasteiger partial charge < -0.3 is 10.1 Å². The first kappa shape index (κ1) is 20.5. The first-order valence-electron chi connectivity index (χ1n) is 10.5. The Morgan fingerprint density at radius 2 is 2.22 bits per heavy atom. The van der Waals surface area contributed by atoms with Crippen LogP contribution in [0.25, 0.3) is 22.0 Å². The monoisotopic (exact) mass is 449 g/mol. The zero-order valence-electron chi connectivity index (χ0n) is 17.7. The van der Waals surface area contributed by atoms with E-state index in [0.717, 1.165) is 23.4 Å². The van der Waals surface area contributed by atoms with Gasteiger partial charge in [-0.3, -0.25) is 19.6 Å². The number of rotatable bonds is 7. The molecule has 0 aliphatic heterocycles. The summed E-state index contributed by atoms with van der Waals surface area (Å²) in [4.78, 5) is 21.8. The minimum absolute atomic E-state index is 0.211. The van der Waals surface area contributed by atoms with Crippen LogP contribution < -0.4 is 5.32 Å². The number of hydrogen-bond acceptors (Lipinski definition) is 7. The molecule has 9 nitrogen and oxygen atoms in total. The number of nitrogens with one attached hydrogen (secondary N) is 2. The van der Waals surface area contributed by atoms with E-state index < -0.39 is 0 Å². The molecule has 0 bridgehead atoms. The van der Waals surface area contributed by atoms with Gasteiger partial charge in [0.25, 0.3) is 5.91 Å². The van der Waals surface area contributed by atoms with E-state index in [1.807, 2.05) is 42.9 Å². The first-order chi connectivity index (χ1) is 15.6. The van der Waals surface area contributed by atoms with Gasteiger partial charge in [-0.15, -0.1) is 11.3 Å². The Bertz CT molecular complexity index is 1190. The summed E-state index contributed by atoms with van der Waals surface area (Å²) in [7, 11) is 0. The topological polar surface area (TPSA) is 111 Å². The van der Waals surface area contributed by atoms with E-state index in [1.54, 1.807) is 24.0 Å². The Balaban J connectivity index is 1.38. The van der Waals surface area contributed by atoms with Crippen molar-refractivity contribution in [2.75, 3.05) is 5.32 Å². The molecule has 0 spiro atoms. The van der Waals surface area contributed by atoms with Crippen LogP contribution in [0.5, 0.6) is 0 Å². The van der Waals surface area contributed by atoms with Crippen molar-refractivity contribution in [1.29, 1.82) is 0 Å². The molecule has 0 unspecified atom stereocenters. The maximum Gasteiger partial charge on any atom is 0.275 e. The molecular formula is C22H23N7O2S. The van der Waals surface area contributed by atoms with E-state index in [9.17, 15) is 4.79 Å². The van der Waals surface area contributed by atoms with Crippen LogP contribution in [0, 0.1) is 0 Å². The van der Waals surface area contributed by atoms with Gasteiger partial charge in [0.1, 0.15) is 16.4 Å². The molecule has 0 atom stereocenters. The highest BCUT2D eigenvalue weighted by molar-refractivity contribution is 7.13. The normalized spacial score (nSPS) is 18.0. The van der Waals surface area contributed by atoms with Gasteiger partial charge in [-0.25, -0.2) is 4.98 Å². The van der Waals surface area contributed by atoms with Crippen LogP contribution in [0.3, 0.4) is 0 Å². The third-order valence-electron chi connectivity index (χ3n) is 5.28. The van der Waals surface area contributed by atoms with Gasteiger partial charge >= 0.3 is 0 Å². The summed E-state index contributed by atoms with van der Waals surface area (Å²) in [6, 6.07) is 5.87. The number of thiazole rings is 1. The van der Waals surface area contributed by atoms with E-state index >= 15 is 0 Å². The predicted molar refractivity (Wildman–Crippen MR) is 121 cm³/mol. The summed E-state index contributed by atoms with van der Waals surface area (Å²) < 4.78 is 7.79. The number of aromatic nitrogens is 6. The van der Waals surface area contributed by atoms with Gasteiger partial charge in [0, 0.05) is 29.5 Å². The van der Waals surface area contributed by atoms with E-state index in [4.69, 9.17) is 9.84 Å². The number of carbonyl (C=O) groups is 1. The second-order valence-electron chi connectivity index (χ2n) is 8.00. The number of ether oxygens (including phenoxy) is 1. The largest absolute Gasteiger partial charge is 0.375 e. The average Bonchev–Trinajstić information content (AvgIpc) is 3.51. The number of nitrogens with zero attached hydrogens (tertiary/aromatic N) is 5. The Hall–Kier alpha value is -3.37. The summed E-state index contributed by atoms with van der Waals surface area (Å²) in [6.07, 6.45) is 9.27. The van der Waals surface area contributed by atoms with Crippen molar-refractivity contribution in [2.24, 2.45) is 0 Å². The van der Waals surface area contributed by atoms with Crippen LogP contribution in [-0.2, 0) is 4.74 Å². The van der Waals surface area contributed by atoms with Crippen LogP contribution in [0.15, 0.2) is 48.4 Å². The van der Waals surface area contributed by atoms with Crippen LogP contribution >= 0.6 is 11.3 Å².